The molecular weight excluding hydrogens is 426 g/mol. The molecule has 1 N–H and O–H groups in total. The molecule has 1 aromatic heterocycles. The normalized spacial score (nSPS) is 16.3. The summed E-state index contributed by atoms with van der Waals surface area (Å²) in [6.45, 7) is 5.48. The number of hydrogen-bond donors (Lipinski definition) is 1. The topological polar surface area (TPSA) is 92.0 Å². The summed E-state index contributed by atoms with van der Waals surface area (Å²) in [6, 6.07) is 18.5. The number of rotatable bonds is 6. The molecule has 0 radical (unpaired) electrons. The molecule has 0 bridgehead atoms. The molecule has 0 saturated carbocycles. The Morgan fingerprint density at radius 3 is 2.41 bits per heavy atom. The molecule has 0 saturated heterocycles. The average molecular weight is 452 g/mol. The number of para-hydroxylation sites is 1. The lowest BCUT2D eigenvalue weighted by molar-refractivity contribution is -0.136. The van der Waals surface area contributed by atoms with Gasteiger partial charge in [-0.25, -0.2) is 13.4 Å². The van der Waals surface area contributed by atoms with Crippen molar-refractivity contribution in [1.82, 2.24) is 5.01 Å². The zero-order valence-corrected chi connectivity index (χ0v) is 19.0. The molecule has 0 unspecified atom stereocenters. The van der Waals surface area contributed by atoms with Crippen molar-refractivity contribution in [3.8, 4) is 0 Å². The van der Waals surface area contributed by atoms with Crippen LogP contribution in [0.1, 0.15) is 43.4 Å². The standard InChI is InChI=1S/C24H25N3O4S/c1-16(2)24(28)27-22(15-21(25-27)23-14-13-17(3)31-23)19-11-7-8-12-20(19)26-32(29,30)18-9-5-4-6-10-18/h4-14,16,22,26H,15H2,1-3H3/t22-/m1/s1. The number of furan rings is 1. The molecule has 1 amide bonds. The zero-order chi connectivity index (χ0) is 22.9. The van der Waals surface area contributed by atoms with Crippen molar-refractivity contribution >= 4 is 27.3 Å². The van der Waals surface area contributed by atoms with E-state index in [2.05, 4.69) is 9.82 Å². The van der Waals surface area contributed by atoms with Gasteiger partial charge >= 0.3 is 0 Å². The molecule has 1 aliphatic rings. The van der Waals surface area contributed by atoms with E-state index in [0.717, 1.165) is 5.76 Å². The highest BCUT2D eigenvalue weighted by molar-refractivity contribution is 7.92. The summed E-state index contributed by atoms with van der Waals surface area (Å²) >= 11 is 0. The summed E-state index contributed by atoms with van der Waals surface area (Å²) in [7, 11) is -3.79. The van der Waals surface area contributed by atoms with Gasteiger partial charge in [0.05, 0.1) is 16.6 Å². The molecule has 2 heterocycles. The average Bonchev–Trinajstić information content (AvgIpc) is 3.40. The first-order valence-electron chi connectivity index (χ1n) is 10.4. The molecular formula is C24H25N3O4S. The second kappa shape index (κ2) is 8.63. The Balaban J connectivity index is 1.72. The van der Waals surface area contributed by atoms with Gasteiger partial charge in [0.1, 0.15) is 17.2 Å². The van der Waals surface area contributed by atoms with E-state index < -0.39 is 16.1 Å². The maximum atomic E-state index is 13.0. The molecule has 8 heteroatoms. The number of hydrogen-bond acceptors (Lipinski definition) is 5. The lowest BCUT2D eigenvalue weighted by atomic mass is 9.98. The highest BCUT2D eigenvalue weighted by Gasteiger charge is 2.36. The largest absolute Gasteiger partial charge is 0.460 e. The van der Waals surface area contributed by atoms with Gasteiger partial charge in [0.25, 0.3) is 10.0 Å². The summed E-state index contributed by atoms with van der Waals surface area (Å²) in [5, 5.41) is 6.03. The molecule has 1 atom stereocenters. The number of aryl methyl sites for hydroxylation is 1. The molecule has 2 aromatic carbocycles. The minimum Gasteiger partial charge on any atom is -0.460 e. The minimum absolute atomic E-state index is 0.144. The first-order chi connectivity index (χ1) is 15.3. The van der Waals surface area contributed by atoms with Crippen LogP contribution in [0.25, 0.3) is 0 Å². The van der Waals surface area contributed by atoms with E-state index in [1.54, 1.807) is 30.3 Å². The maximum absolute atomic E-state index is 13.0. The van der Waals surface area contributed by atoms with Crippen molar-refractivity contribution in [3.05, 3.63) is 83.8 Å². The summed E-state index contributed by atoms with van der Waals surface area (Å²) < 4.78 is 34.3. The highest BCUT2D eigenvalue weighted by atomic mass is 32.2. The third-order valence-electron chi connectivity index (χ3n) is 5.27. The van der Waals surface area contributed by atoms with Crippen molar-refractivity contribution in [2.24, 2.45) is 11.0 Å². The van der Waals surface area contributed by atoms with Gasteiger partial charge < -0.3 is 4.42 Å². The monoisotopic (exact) mass is 451 g/mol. The molecule has 3 aromatic rings. The lowest BCUT2D eigenvalue weighted by Crippen LogP contribution is -2.31. The smallest absolute Gasteiger partial charge is 0.261 e. The van der Waals surface area contributed by atoms with Gasteiger partial charge in [0, 0.05) is 17.9 Å². The third-order valence-corrected chi connectivity index (χ3v) is 6.65. The van der Waals surface area contributed by atoms with Gasteiger partial charge in [0.2, 0.25) is 5.91 Å². The Morgan fingerprint density at radius 1 is 1.06 bits per heavy atom. The Hall–Kier alpha value is -3.39. The number of amides is 1. The van der Waals surface area contributed by atoms with Gasteiger partial charge in [-0.3, -0.25) is 9.52 Å². The van der Waals surface area contributed by atoms with E-state index in [4.69, 9.17) is 4.42 Å². The molecule has 166 valence electrons. The third kappa shape index (κ3) is 4.31. The Morgan fingerprint density at radius 2 is 1.75 bits per heavy atom. The van der Waals surface area contributed by atoms with Crippen LogP contribution in [0.15, 0.2) is 81.1 Å². The van der Waals surface area contributed by atoms with E-state index in [9.17, 15) is 13.2 Å². The van der Waals surface area contributed by atoms with Crippen LogP contribution >= 0.6 is 0 Å². The summed E-state index contributed by atoms with van der Waals surface area (Å²) in [5.41, 5.74) is 1.73. The zero-order valence-electron chi connectivity index (χ0n) is 18.1. The number of sulfonamides is 1. The van der Waals surface area contributed by atoms with E-state index >= 15 is 0 Å². The van der Waals surface area contributed by atoms with Crippen molar-refractivity contribution in [1.29, 1.82) is 0 Å². The number of anilines is 1. The molecule has 0 aliphatic carbocycles. The van der Waals surface area contributed by atoms with Crippen LogP contribution in [0.4, 0.5) is 5.69 Å². The first-order valence-corrected chi connectivity index (χ1v) is 11.9. The molecule has 1 aliphatic heterocycles. The summed E-state index contributed by atoms with van der Waals surface area (Å²) in [6.07, 6.45) is 0.412. The van der Waals surface area contributed by atoms with Gasteiger partial charge in [-0.15, -0.1) is 0 Å². The fourth-order valence-corrected chi connectivity index (χ4v) is 4.75. The molecule has 32 heavy (non-hydrogen) atoms. The Kier molecular flexibility index (Phi) is 5.88. The SMILES string of the molecule is Cc1ccc(C2=NN(C(=O)C(C)C)[C@@H](c3ccccc3NS(=O)(=O)c3ccccc3)C2)o1. The number of carbonyl (C=O) groups is 1. The molecule has 0 spiro atoms. The summed E-state index contributed by atoms with van der Waals surface area (Å²) in [4.78, 5) is 13.1. The van der Waals surface area contributed by atoms with Crippen LogP contribution in [0.5, 0.6) is 0 Å². The van der Waals surface area contributed by atoms with Crippen molar-refractivity contribution < 1.29 is 17.6 Å². The molecule has 7 nitrogen and oxygen atoms in total. The Bertz CT molecular complexity index is 1260. The summed E-state index contributed by atoms with van der Waals surface area (Å²) in [5.74, 6) is 0.943. The number of nitrogens with zero attached hydrogens (tertiary/aromatic N) is 2. The van der Waals surface area contributed by atoms with Crippen LogP contribution in [0, 0.1) is 12.8 Å². The van der Waals surface area contributed by atoms with Crippen LogP contribution < -0.4 is 4.72 Å². The number of carbonyl (C=O) groups excluding carboxylic acids is 1. The fourth-order valence-electron chi connectivity index (χ4n) is 3.64. The lowest BCUT2D eigenvalue weighted by Gasteiger charge is -2.25. The van der Waals surface area contributed by atoms with Gasteiger partial charge in [-0.05, 0) is 37.3 Å². The number of hydrazone groups is 1. The quantitative estimate of drug-likeness (QED) is 0.587. The van der Waals surface area contributed by atoms with Crippen LogP contribution in [0.3, 0.4) is 0 Å². The minimum atomic E-state index is -3.79. The van der Waals surface area contributed by atoms with Crippen molar-refractivity contribution in [2.75, 3.05) is 4.72 Å². The predicted molar refractivity (Wildman–Crippen MR) is 123 cm³/mol. The first kappa shape index (κ1) is 21.8. The number of nitrogens with one attached hydrogen (secondary N) is 1. The van der Waals surface area contributed by atoms with E-state index in [1.165, 1.54) is 17.1 Å². The van der Waals surface area contributed by atoms with Crippen molar-refractivity contribution in [2.45, 2.75) is 38.1 Å². The number of benzene rings is 2. The van der Waals surface area contributed by atoms with Crippen LogP contribution in [-0.4, -0.2) is 25.0 Å². The fraction of sp³-hybridized carbons (Fsp3) is 0.250. The second-order valence-electron chi connectivity index (χ2n) is 8.02. The highest BCUT2D eigenvalue weighted by Crippen LogP contribution is 2.38. The molecule has 0 fully saturated rings. The molecule has 4 rings (SSSR count). The van der Waals surface area contributed by atoms with Gasteiger partial charge in [-0.1, -0.05) is 50.2 Å². The van der Waals surface area contributed by atoms with Gasteiger partial charge in [-0.2, -0.15) is 5.10 Å². The second-order valence-corrected chi connectivity index (χ2v) is 9.70. The maximum Gasteiger partial charge on any atom is 0.261 e. The Labute approximate surface area is 187 Å². The predicted octanol–water partition coefficient (Wildman–Crippen LogP) is 4.72. The van der Waals surface area contributed by atoms with E-state index in [-0.39, 0.29) is 16.7 Å². The van der Waals surface area contributed by atoms with Crippen molar-refractivity contribution in [3.63, 3.8) is 0 Å². The van der Waals surface area contributed by atoms with E-state index in [0.29, 0.717) is 29.1 Å². The van der Waals surface area contributed by atoms with Crippen LogP contribution in [0.2, 0.25) is 0 Å². The van der Waals surface area contributed by atoms with Gasteiger partial charge in [0.15, 0.2) is 0 Å². The van der Waals surface area contributed by atoms with E-state index in [1.807, 2.05) is 45.0 Å². The van der Waals surface area contributed by atoms with Crippen LogP contribution in [-0.2, 0) is 14.8 Å².